The van der Waals surface area contributed by atoms with E-state index in [1.165, 1.54) is 0 Å². The smallest absolute Gasteiger partial charge is 0.236 e. The summed E-state index contributed by atoms with van der Waals surface area (Å²) in [7, 11) is -3.48. The van der Waals surface area contributed by atoms with Gasteiger partial charge in [-0.2, -0.15) is 0 Å². The Morgan fingerprint density at radius 2 is 1.80 bits per heavy atom. The maximum atomic E-state index is 12.1. The van der Waals surface area contributed by atoms with Gasteiger partial charge in [0.15, 0.2) is 0 Å². The van der Waals surface area contributed by atoms with Gasteiger partial charge in [0.05, 0.1) is 23.7 Å². The molecule has 0 aliphatic rings. The number of anilines is 1. The zero-order valence-corrected chi connectivity index (χ0v) is 11.9. The monoisotopic (exact) mass is 292 g/mol. The average Bonchev–Trinajstić information content (AvgIpc) is 2.41. The Morgan fingerprint density at radius 3 is 2.40 bits per heavy atom. The third kappa shape index (κ3) is 3.79. The molecule has 1 aromatic heterocycles. The first-order valence-electron chi connectivity index (χ1n) is 6.11. The van der Waals surface area contributed by atoms with Crippen LogP contribution in [-0.2, 0) is 22.4 Å². The number of benzene rings is 1. The van der Waals surface area contributed by atoms with E-state index in [1.54, 1.807) is 49.5 Å². The third-order valence-corrected chi connectivity index (χ3v) is 4.08. The number of hydrogen-bond donors (Lipinski definition) is 2. The highest BCUT2D eigenvalue weighted by molar-refractivity contribution is 7.91. The zero-order valence-electron chi connectivity index (χ0n) is 11.1. The zero-order chi connectivity index (χ0) is 14.6. The van der Waals surface area contributed by atoms with Crippen LogP contribution in [0.15, 0.2) is 42.6 Å². The minimum Gasteiger partial charge on any atom is -0.392 e. The lowest BCUT2D eigenvalue weighted by Gasteiger charge is -2.10. The molecule has 0 saturated heterocycles. The van der Waals surface area contributed by atoms with Crippen LogP contribution < -0.4 is 4.72 Å². The first kappa shape index (κ1) is 14.5. The van der Waals surface area contributed by atoms with Gasteiger partial charge in [-0.05, 0) is 30.2 Å². The molecule has 5 nitrogen and oxygen atoms in total. The van der Waals surface area contributed by atoms with Crippen molar-refractivity contribution in [2.75, 3.05) is 4.72 Å². The predicted molar refractivity (Wildman–Crippen MR) is 77.6 cm³/mol. The molecule has 1 heterocycles. The Balaban J connectivity index is 2.13. The van der Waals surface area contributed by atoms with Gasteiger partial charge in [-0.1, -0.05) is 24.3 Å². The van der Waals surface area contributed by atoms with Gasteiger partial charge in [-0.25, -0.2) is 8.42 Å². The highest BCUT2D eigenvalue weighted by Gasteiger charge is 2.13. The molecule has 2 rings (SSSR count). The van der Waals surface area contributed by atoms with E-state index in [9.17, 15) is 8.42 Å². The molecule has 0 aliphatic heterocycles. The topological polar surface area (TPSA) is 79.3 Å². The molecular formula is C14H16N2O3S. The molecule has 0 unspecified atom stereocenters. The van der Waals surface area contributed by atoms with Crippen LogP contribution in [0.4, 0.5) is 5.69 Å². The van der Waals surface area contributed by atoms with Crippen LogP contribution in [-0.4, -0.2) is 18.5 Å². The Kier molecular flexibility index (Phi) is 4.36. The maximum Gasteiger partial charge on any atom is 0.236 e. The number of aromatic nitrogens is 1. The predicted octanol–water partition coefficient (Wildman–Crippen LogP) is 1.82. The summed E-state index contributed by atoms with van der Waals surface area (Å²) < 4.78 is 26.7. The van der Waals surface area contributed by atoms with Gasteiger partial charge in [-0.3, -0.25) is 9.71 Å². The number of sulfonamides is 1. The molecule has 0 saturated carbocycles. The van der Waals surface area contributed by atoms with Crippen molar-refractivity contribution in [2.45, 2.75) is 19.3 Å². The molecule has 0 aliphatic carbocycles. The van der Waals surface area contributed by atoms with Crippen LogP contribution in [0.2, 0.25) is 0 Å². The molecule has 0 fully saturated rings. The quantitative estimate of drug-likeness (QED) is 0.881. The van der Waals surface area contributed by atoms with Crippen molar-refractivity contribution in [1.29, 1.82) is 0 Å². The fraction of sp³-hybridized carbons (Fsp3) is 0.214. The first-order valence-corrected chi connectivity index (χ1v) is 7.76. The van der Waals surface area contributed by atoms with Crippen molar-refractivity contribution in [3.63, 3.8) is 0 Å². The lowest BCUT2D eigenvalue weighted by Crippen LogP contribution is -2.16. The van der Waals surface area contributed by atoms with Gasteiger partial charge in [0.1, 0.15) is 0 Å². The van der Waals surface area contributed by atoms with Crippen LogP contribution in [0.3, 0.4) is 0 Å². The summed E-state index contributed by atoms with van der Waals surface area (Å²) in [6.45, 7) is 1.69. The largest absolute Gasteiger partial charge is 0.392 e. The first-order chi connectivity index (χ1) is 9.50. The van der Waals surface area contributed by atoms with Crippen molar-refractivity contribution in [3.8, 4) is 0 Å². The summed E-state index contributed by atoms with van der Waals surface area (Å²) in [5, 5.41) is 8.95. The standard InChI is InChI=1S/C14H16N2O3S/c1-11-14(3-2-8-15-11)16-20(18,19)10-13-6-4-12(9-17)5-7-13/h2-8,16-17H,9-10H2,1H3. The van der Waals surface area contributed by atoms with Crippen molar-refractivity contribution in [3.05, 3.63) is 59.4 Å². The van der Waals surface area contributed by atoms with Gasteiger partial charge < -0.3 is 5.11 Å². The summed E-state index contributed by atoms with van der Waals surface area (Å²) >= 11 is 0. The summed E-state index contributed by atoms with van der Waals surface area (Å²) in [4.78, 5) is 4.04. The van der Waals surface area contributed by atoms with E-state index in [2.05, 4.69) is 9.71 Å². The fourth-order valence-corrected chi connectivity index (χ4v) is 3.01. The molecule has 6 heteroatoms. The number of rotatable bonds is 5. The van der Waals surface area contributed by atoms with Crippen LogP contribution in [0.1, 0.15) is 16.8 Å². The van der Waals surface area contributed by atoms with E-state index in [4.69, 9.17) is 5.11 Å². The minimum atomic E-state index is -3.48. The van der Waals surface area contributed by atoms with Crippen molar-refractivity contribution in [1.82, 2.24) is 4.98 Å². The van der Waals surface area contributed by atoms with Gasteiger partial charge in [0, 0.05) is 6.20 Å². The molecular weight excluding hydrogens is 276 g/mol. The number of aliphatic hydroxyl groups excluding tert-OH is 1. The normalized spacial score (nSPS) is 11.3. The number of hydrogen-bond acceptors (Lipinski definition) is 4. The lowest BCUT2D eigenvalue weighted by molar-refractivity contribution is 0.282. The number of aliphatic hydroxyl groups is 1. The number of aryl methyl sites for hydroxylation is 1. The highest BCUT2D eigenvalue weighted by Crippen LogP contribution is 2.15. The van der Waals surface area contributed by atoms with E-state index in [0.29, 0.717) is 16.9 Å². The van der Waals surface area contributed by atoms with Gasteiger partial charge >= 0.3 is 0 Å². The van der Waals surface area contributed by atoms with Crippen molar-refractivity contribution >= 4 is 15.7 Å². The van der Waals surface area contributed by atoms with Crippen molar-refractivity contribution in [2.24, 2.45) is 0 Å². The van der Waals surface area contributed by atoms with E-state index in [1.807, 2.05) is 0 Å². The number of pyridine rings is 1. The maximum absolute atomic E-state index is 12.1. The van der Waals surface area contributed by atoms with E-state index >= 15 is 0 Å². The highest BCUT2D eigenvalue weighted by atomic mass is 32.2. The molecule has 0 radical (unpaired) electrons. The van der Waals surface area contributed by atoms with E-state index < -0.39 is 10.0 Å². The van der Waals surface area contributed by atoms with E-state index in [-0.39, 0.29) is 12.4 Å². The Hall–Kier alpha value is -1.92. The molecule has 0 bridgehead atoms. The molecule has 0 spiro atoms. The second-order valence-electron chi connectivity index (χ2n) is 4.47. The third-order valence-electron chi connectivity index (χ3n) is 2.83. The lowest BCUT2D eigenvalue weighted by atomic mass is 10.2. The Bertz CT molecular complexity index is 682. The Morgan fingerprint density at radius 1 is 1.15 bits per heavy atom. The molecule has 20 heavy (non-hydrogen) atoms. The molecule has 0 atom stereocenters. The van der Waals surface area contributed by atoms with Gasteiger partial charge in [0.2, 0.25) is 10.0 Å². The number of nitrogens with one attached hydrogen (secondary N) is 1. The fourth-order valence-electron chi connectivity index (χ4n) is 1.76. The molecule has 1 aromatic carbocycles. The molecule has 2 aromatic rings. The second-order valence-corrected chi connectivity index (χ2v) is 6.19. The van der Waals surface area contributed by atoms with Gasteiger partial charge in [0.25, 0.3) is 0 Å². The van der Waals surface area contributed by atoms with Crippen LogP contribution in [0, 0.1) is 6.92 Å². The van der Waals surface area contributed by atoms with Crippen LogP contribution >= 0.6 is 0 Å². The molecule has 106 valence electrons. The Labute approximate surface area is 118 Å². The summed E-state index contributed by atoms with van der Waals surface area (Å²) in [6, 6.07) is 10.2. The van der Waals surface area contributed by atoms with Gasteiger partial charge in [-0.15, -0.1) is 0 Å². The summed E-state index contributed by atoms with van der Waals surface area (Å²) in [5.41, 5.74) is 2.53. The van der Waals surface area contributed by atoms with Crippen LogP contribution in [0.25, 0.3) is 0 Å². The second kappa shape index (κ2) is 6.02. The van der Waals surface area contributed by atoms with Crippen molar-refractivity contribution < 1.29 is 13.5 Å². The average molecular weight is 292 g/mol. The summed E-state index contributed by atoms with van der Waals surface area (Å²) in [5.74, 6) is -0.118. The SMILES string of the molecule is Cc1ncccc1NS(=O)(=O)Cc1ccc(CO)cc1. The summed E-state index contributed by atoms with van der Waals surface area (Å²) in [6.07, 6.45) is 1.61. The minimum absolute atomic E-state index is 0.0554. The molecule has 0 amide bonds. The van der Waals surface area contributed by atoms with Crippen LogP contribution in [0.5, 0.6) is 0 Å². The molecule has 2 N–H and O–H groups in total. The van der Waals surface area contributed by atoms with E-state index in [0.717, 1.165) is 5.56 Å². The number of nitrogens with zero attached hydrogens (tertiary/aromatic N) is 1.